The molecule has 0 saturated carbocycles. The highest BCUT2D eigenvalue weighted by molar-refractivity contribution is 9.10. The summed E-state index contributed by atoms with van der Waals surface area (Å²) in [6.07, 6.45) is -0.294. The maximum atomic E-state index is 13.9. The summed E-state index contributed by atoms with van der Waals surface area (Å²) in [5, 5.41) is 0. The number of ketones is 1. The van der Waals surface area contributed by atoms with Gasteiger partial charge in [-0.2, -0.15) is 0 Å². The minimum Gasteiger partial charge on any atom is -0.294 e. The third kappa shape index (κ3) is 3.92. The van der Waals surface area contributed by atoms with Crippen molar-refractivity contribution in [2.45, 2.75) is 18.2 Å². The average molecular weight is 371 g/mol. The number of halogens is 3. The van der Waals surface area contributed by atoms with E-state index in [1.165, 1.54) is 6.07 Å². The topological polar surface area (TPSA) is 17.1 Å². The van der Waals surface area contributed by atoms with E-state index in [-0.39, 0.29) is 22.2 Å². The van der Waals surface area contributed by atoms with Crippen molar-refractivity contribution in [3.8, 4) is 0 Å². The van der Waals surface area contributed by atoms with Gasteiger partial charge in [-0.05, 0) is 45.9 Å². The monoisotopic (exact) mass is 370 g/mol. The van der Waals surface area contributed by atoms with E-state index >= 15 is 0 Å². The van der Waals surface area contributed by atoms with Gasteiger partial charge in [-0.15, -0.1) is 11.8 Å². The van der Waals surface area contributed by atoms with Gasteiger partial charge < -0.3 is 0 Å². The maximum Gasteiger partial charge on any atom is 0.167 e. The SMILES string of the molecule is CCSc1ccc(C(=O)Cc2c(F)ccc(Br)c2F)cc1. The number of carbonyl (C=O) groups is 1. The summed E-state index contributed by atoms with van der Waals surface area (Å²) in [5.41, 5.74) is 0.246. The number of thioether (sulfide) groups is 1. The fourth-order valence-corrected chi connectivity index (χ4v) is 2.93. The predicted molar refractivity (Wildman–Crippen MR) is 84.9 cm³/mol. The minimum absolute atomic E-state index is 0.154. The van der Waals surface area contributed by atoms with E-state index in [1.807, 2.05) is 19.1 Å². The molecule has 0 spiro atoms. The van der Waals surface area contributed by atoms with Gasteiger partial charge in [0.15, 0.2) is 5.78 Å². The summed E-state index contributed by atoms with van der Waals surface area (Å²) >= 11 is 4.67. The van der Waals surface area contributed by atoms with Crippen LogP contribution < -0.4 is 0 Å². The molecule has 0 aliphatic carbocycles. The Hall–Kier alpha value is -1.20. The first kappa shape index (κ1) is 16.2. The Labute approximate surface area is 134 Å². The Morgan fingerprint density at radius 3 is 2.43 bits per heavy atom. The first-order chi connectivity index (χ1) is 10.0. The van der Waals surface area contributed by atoms with Crippen molar-refractivity contribution in [1.29, 1.82) is 0 Å². The molecule has 0 aliphatic rings. The standard InChI is InChI=1S/C16H13BrF2OS/c1-2-21-11-5-3-10(4-6-11)15(20)9-12-14(18)8-7-13(17)16(12)19/h3-8H,2,9H2,1H3. The van der Waals surface area contributed by atoms with Crippen LogP contribution in [0, 0.1) is 11.6 Å². The summed E-state index contributed by atoms with van der Waals surface area (Å²) in [6, 6.07) is 9.50. The molecular formula is C16H13BrF2OS. The molecule has 0 radical (unpaired) electrons. The van der Waals surface area contributed by atoms with Crippen LogP contribution in [0.25, 0.3) is 0 Å². The number of hydrogen-bond donors (Lipinski definition) is 0. The fraction of sp³-hybridized carbons (Fsp3) is 0.188. The molecule has 0 saturated heterocycles. The number of carbonyl (C=O) groups excluding carboxylic acids is 1. The van der Waals surface area contributed by atoms with Crippen molar-refractivity contribution in [3.63, 3.8) is 0 Å². The zero-order valence-electron chi connectivity index (χ0n) is 11.3. The molecule has 0 bridgehead atoms. The molecule has 0 fully saturated rings. The Balaban J connectivity index is 2.20. The normalized spacial score (nSPS) is 10.7. The smallest absolute Gasteiger partial charge is 0.167 e. The van der Waals surface area contributed by atoms with Crippen molar-refractivity contribution >= 4 is 33.5 Å². The van der Waals surface area contributed by atoms with Crippen LogP contribution in [0.2, 0.25) is 0 Å². The summed E-state index contributed by atoms with van der Waals surface area (Å²) < 4.78 is 27.7. The van der Waals surface area contributed by atoms with Gasteiger partial charge in [0.05, 0.1) is 4.47 Å². The van der Waals surface area contributed by atoms with E-state index in [4.69, 9.17) is 0 Å². The van der Waals surface area contributed by atoms with Gasteiger partial charge in [-0.1, -0.05) is 19.1 Å². The lowest BCUT2D eigenvalue weighted by Crippen LogP contribution is -2.07. The van der Waals surface area contributed by atoms with Crippen molar-refractivity contribution in [2.75, 3.05) is 5.75 Å². The Bertz CT molecular complexity index is 656. The second-order valence-electron chi connectivity index (χ2n) is 4.38. The van der Waals surface area contributed by atoms with Crippen LogP contribution in [-0.2, 0) is 6.42 Å². The van der Waals surface area contributed by atoms with Gasteiger partial charge in [0.1, 0.15) is 11.6 Å². The highest BCUT2D eigenvalue weighted by Crippen LogP contribution is 2.24. The van der Waals surface area contributed by atoms with Crippen molar-refractivity contribution < 1.29 is 13.6 Å². The van der Waals surface area contributed by atoms with E-state index < -0.39 is 11.6 Å². The number of benzene rings is 2. The predicted octanol–water partition coefficient (Wildman–Crippen LogP) is 5.26. The van der Waals surface area contributed by atoms with Crippen LogP contribution in [-0.4, -0.2) is 11.5 Å². The largest absolute Gasteiger partial charge is 0.294 e. The number of rotatable bonds is 5. The lowest BCUT2D eigenvalue weighted by Gasteiger charge is -2.07. The van der Waals surface area contributed by atoms with Gasteiger partial charge in [-0.3, -0.25) is 4.79 Å². The zero-order valence-corrected chi connectivity index (χ0v) is 13.7. The summed E-state index contributed by atoms with van der Waals surface area (Å²) in [4.78, 5) is 13.2. The van der Waals surface area contributed by atoms with Crippen LogP contribution in [0.15, 0.2) is 45.8 Å². The fourth-order valence-electron chi connectivity index (χ4n) is 1.90. The maximum absolute atomic E-state index is 13.9. The molecule has 0 unspecified atom stereocenters. The van der Waals surface area contributed by atoms with Crippen LogP contribution in [0.4, 0.5) is 8.78 Å². The van der Waals surface area contributed by atoms with Gasteiger partial charge >= 0.3 is 0 Å². The van der Waals surface area contributed by atoms with Gasteiger partial charge in [-0.25, -0.2) is 8.78 Å². The van der Waals surface area contributed by atoms with Gasteiger partial charge in [0.2, 0.25) is 0 Å². The molecule has 0 atom stereocenters. The minimum atomic E-state index is -0.721. The zero-order chi connectivity index (χ0) is 15.4. The quantitative estimate of drug-likeness (QED) is 0.405. The second-order valence-corrected chi connectivity index (χ2v) is 6.57. The van der Waals surface area contributed by atoms with Crippen LogP contribution >= 0.6 is 27.7 Å². The number of Topliss-reactive ketones (excluding diaryl/α,β-unsaturated/α-hetero) is 1. The lowest BCUT2D eigenvalue weighted by atomic mass is 10.0. The summed E-state index contributed by atoms with van der Waals surface area (Å²) in [6.45, 7) is 2.04. The van der Waals surface area contributed by atoms with Gasteiger partial charge in [0, 0.05) is 22.4 Å². The molecule has 110 valence electrons. The van der Waals surface area contributed by atoms with Crippen LogP contribution in [0.3, 0.4) is 0 Å². The number of hydrogen-bond acceptors (Lipinski definition) is 2. The average Bonchev–Trinajstić information content (AvgIpc) is 2.48. The molecule has 0 aliphatic heterocycles. The van der Waals surface area contributed by atoms with E-state index in [2.05, 4.69) is 15.9 Å². The van der Waals surface area contributed by atoms with Crippen molar-refractivity contribution in [3.05, 3.63) is 63.6 Å². The third-order valence-corrected chi connectivity index (χ3v) is 4.47. The second kappa shape index (κ2) is 7.18. The van der Waals surface area contributed by atoms with E-state index in [1.54, 1.807) is 23.9 Å². The summed E-state index contributed by atoms with van der Waals surface area (Å²) in [5.74, 6) is -0.787. The molecule has 2 rings (SSSR count). The van der Waals surface area contributed by atoms with Gasteiger partial charge in [0.25, 0.3) is 0 Å². The Morgan fingerprint density at radius 1 is 1.14 bits per heavy atom. The first-order valence-electron chi connectivity index (χ1n) is 6.41. The highest BCUT2D eigenvalue weighted by atomic mass is 79.9. The molecule has 0 amide bonds. The molecular weight excluding hydrogens is 358 g/mol. The molecule has 1 nitrogen and oxygen atoms in total. The first-order valence-corrected chi connectivity index (χ1v) is 8.19. The van der Waals surface area contributed by atoms with E-state index in [0.717, 1.165) is 16.7 Å². The molecule has 21 heavy (non-hydrogen) atoms. The molecule has 0 heterocycles. The molecule has 5 heteroatoms. The molecule has 2 aromatic rings. The van der Waals surface area contributed by atoms with Crippen molar-refractivity contribution in [1.82, 2.24) is 0 Å². The van der Waals surface area contributed by atoms with Crippen molar-refractivity contribution in [2.24, 2.45) is 0 Å². The molecule has 0 N–H and O–H groups in total. The highest BCUT2D eigenvalue weighted by Gasteiger charge is 2.16. The Morgan fingerprint density at radius 2 is 1.81 bits per heavy atom. The Kier molecular flexibility index (Phi) is 5.53. The van der Waals surface area contributed by atoms with E-state index in [0.29, 0.717) is 5.56 Å². The molecule has 0 aromatic heterocycles. The molecule has 2 aromatic carbocycles. The van der Waals surface area contributed by atoms with E-state index in [9.17, 15) is 13.6 Å². The lowest BCUT2D eigenvalue weighted by molar-refractivity contribution is 0.0990. The summed E-state index contributed by atoms with van der Waals surface area (Å²) in [7, 11) is 0. The third-order valence-electron chi connectivity index (χ3n) is 2.96. The van der Waals surface area contributed by atoms with Crippen LogP contribution in [0.5, 0.6) is 0 Å². The van der Waals surface area contributed by atoms with Crippen LogP contribution in [0.1, 0.15) is 22.8 Å².